The zero-order valence-corrected chi connectivity index (χ0v) is 13.0. The standard InChI is InChI=1S/C18H15ClN2O2/c19-11-5-3-4-10(8-11)16-17-13(9-15(21-16)18(22)23)12-6-1-2-7-14(12)20-17/h1-8,15-16,20-21H,9H2,(H,22,23)/t15-,16+/m1/s1. The molecular formula is C18H15ClN2O2. The number of aromatic amines is 1. The van der Waals surface area contributed by atoms with E-state index in [0.29, 0.717) is 11.4 Å². The Balaban J connectivity index is 1.91. The molecular weight excluding hydrogens is 312 g/mol. The van der Waals surface area contributed by atoms with Crippen LogP contribution in [0.1, 0.15) is 22.9 Å². The summed E-state index contributed by atoms with van der Waals surface area (Å²) in [7, 11) is 0. The number of hydrogen-bond donors (Lipinski definition) is 3. The van der Waals surface area contributed by atoms with Crippen molar-refractivity contribution >= 4 is 28.5 Å². The number of aromatic nitrogens is 1. The predicted molar refractivity (Wildman–Crippen MR) is 89.9 cm³/mol. The van der Waals surface area contributed by atoms with E-state index in [9.17, 15) is 9.90 Å². The minimum Gasteiger partial charge on any atom is -0.480 e. The molecule has 0 amide bonds. The van der Waals surface area contributed by atoms with Crippen molar-refractivity contribution in [1.29, 1.82) is 0 Å². The summed E-state index contributed by atoms with van der Waals surface area (Å²) >= 11 is 6.11. The molecule has 1 aromatic heterocycles. The van der Waals surface area contributed by atoms with Gasteiger partial charge in [-0.3, -0.25) is 10.1 Å². The monoisotopic (exact) mass is 326 g/mol. The van der Waals surface area contributed by atoms with Gasteiger partial charge in [-0.25, -0.2) is 0 Å². The number of benzene rings is 2. The Morgan fingerprint density at radius 3 is 2.78 bits per heavy atom. The Hall–Kier alpha value is -2.30. The third kappa shape index (κ3) is 2.40. The molecule has 23 heavy (non-hydrogen) atoms. The number of hydrogen-bond acceptors (Lipinski definition) is 2. The fourth-order valence-corrected chi connectivity index (χ4v) is 3.54. The summed E-state index contributed by atoms with van der Waals surface area (Å²) in [5, 5.41) is 14.4. The number of H-pyrrole nitrogens is 1. The molecule has 1 aliphatic heterocycles. The number of nitrogens with one attached hydrogen (secondary N) is 2. The molecule has 0 bridgehead atoms. The number of aliphatic carboxylic acids is 1. The molecule has 3 aromatic rings. The van der Waals surface area contributed by atoms with Crippen molar-refractivity contribution in [3.8, 4) is 0 Å². The van der Waals surface area contributed by atoms with Gasteiger partial charge in [0.2, 0.25) is 0 Å². The Bertz CT molecular complexity index is 903. The van der Waals surface area contributed by atoms with Gasteiger partial charge in [0.05, 0.1) is 6.04 Å². The highest BCUT2D eigenvalue weighted by atomic mass is 35.5. The van der Waals surface area contributed by atoms with E-state index in [-0.39, 0.29) is 6.04 Å². The Morgan fingerprint density at radius 1 is 1.17 bits per heavy atom. The third-order valence-corrected chi connectivity index (χ3v) is 4.63. The molecule has 2 aromatic carbocycles. The highest BCUT2D eigenvalue weighted by Gasteiger charge is 2.33. The van der Waals surface area contributed by atoms with E-state index < -0.39 is 12.0 Å². The smallest absolute Gasteiger partial charge is 0.321 e. The molecule has 3 N–H and O–H groups in total. The lowest BCUT2D eigenvalue weighted by Crippen LogP contribution is -2.44. The van der Waals surface area contributed by atoms with Gasteiger partial charge in [0.25, 0.3) is 0 Å². The van der Waals surface area contributed by atoms with Crippen molar-refractivity contribution in [2.45, 2.75) is 18.5 Å². The second kappa shape index (κ2) is 5.41. The van der Waals surface area contributed by atoms with Gasteiger partial charge in [0, 0.05) is 28.0 Å². The van der Waals surface area contributed by atoms with Gasteiger partial charge in [-0.2, -0.15) is 0 Å². The molecule has 0 saturated heterocycles. The van der Waals surface area contributed by atoms with E-state index in [1.807, 2.05) is 48.5 Å². The zero-order chi connectivity index (χ0) is 16.0. The first kappa shape index (κ1) is 14.3. The van der Waals surface area contributed by atoms with Crippen molar-refractivity contribution < 1.29 is 9.90 Å². The maximum absolute atomic E-state index is 11.6. The minimum absolute atomic E-state index is 0.217. The highest BCUT2D eigenvalue weighted by molar-refractivity contribution is 6.30. The number of halogens is 1. The van der Waals surface area contributed by atoms with Crippen LogP contribution in [0.15, 0.2) is 48.5 Å². The maximum Gasteiger partial charge on any atom is 0.321 e. The average Bonchev–Trinajstić information content (AvgIpc) is 2.92. The molecule has 0 unspecified atom stereocenters. The van der Waals surface area contributed by atoms with Gasteiger partial charge >= 0.3 is 5.97 Å². The van der Waals surface area contributed by atoms with E-state index in [4.69, 9.17) is 11.6 Å². The van der Waals surface area contributed by atoms with Gasteiger partial charge in [0.1, 0.15) is 6.04 Å². The molecule has 2 heterocycles. The van der Waals surface area contributed by atoms with E-state index in [1.165, 1.54) is 0 Å². The average molecular weight is 327 g/mol. The van der Waals surface area contributed by atoms with Crippen LogP contribution < -0.4 is 5.32 Å². The van der Waals surface area contributed by atoms with Gasteiger partial charge in [0.15, 0.2) is 0 Å². The molecule has 116 valence electrons. The number of carboxylic acids is 1. The topological polar surface area (TPSA) is 65.1 Å². The van der Waals surface area contributed by atoms with Crippen LogP contribution in [0.2, 0.25) is 5.02 Å². The second-order valence-corrected chi connectivity index (χ2v) is 6.25. The molecule has 1 aliphatic rings. The lowest BCUT2D eigenvalue weighted by atomic mass is 9.90. The first-order valence-electron chi connectivity index (χ1n) is 7.47. The number of para-hydroxylation sites is 1. The van der Waals surface area contributed by atoms with Crippen molar-refractivity contribution in [1.82, 2.24) is 10.3 Å². The first-order chi connectivity index (χ1) is 11.1. The zero-order valence-electron chi connectivity index (χ0n) is 12.2. The quantitative estimate of drug-likeness (QED) is 0.675. The summed E-state index contributed by atoms with van der Waals surface area (Å²) < 4.78 is 0. The number of rotatable bonds is 2. The van der Waals surface area contributed by atoms with Crippen LogP contribution in [0.3, 0.4) is 0 Å². The summed E-state index contributed by atoms with van der Waals surface area (Å²) in [6, 6.07) is 14.7. The summed E-state index contributed by atoms with van der Waals surface area (Å²) in [6.07, 6.45) is 0.464. The van der Waals surface area contributed by atoms with Crippen LogP contribution in [0.25, 0.3) is 10.9 Å². The molecule has 5 heteroatoms. The molecule has 0 aliphatic carbocycles. The van der Waals surface area contributed by atoms with E-state index in [2.05, 4.69) is 10.3 Å². The third-order valence-electron chi connectivity index (χ3n) is 4.39. The van der Waals surface area contributed by atoms with Gasteiger partial charge in [-0.15, -0.1) is 0 Å². The second-order valence-electron chi connectivity index (χ2n) is 5.81. The van der Waals surface area contributed by atoms with E-state index in [0.717, 1.165) is 27.7 Å². The Morgan fingerprint density at radius 2 is 2.00 bits per heavy atom. The van der Waals surface area contributed by atoms with Gasteiger partial charge in [-0.1, -0.05) is 41.9 Å². The molecule has 2 atom stereocenters. The predicted octanol–water partition coefficient (Wildman–Crippen LogP) is 3.51. The molecule has 0 fully saturated rings. The van der Waals surface area contributed by atoms with Crippen molar-refractivity contribution in [2.75, 3.05) is 0 Å². The van der Waals surface area contributed by atoms with Crippen molar-refractivity contribution in [3.05, 3.63) is 70.4 Å². The van der Waals surface area contributed by atoms with Crippen LogP contribution in [-0.2, 0) is 11.2 Å². The lowest BCUT2D eigenvalue weighted by Gasteiger charge is -2.29. The van der Waals surface area contributed by atoms with Crippen molar-refractivity contribution in [3.63, 3.8) is 0 Å². The van der Waals surface area contributed by atoms with Crippen LogP contribution in [0, 0.1) is 0 Å². The van der Waals surface area contributed by atoms with Gasteiger partial charge in [-0.05, 0) is 29.3 Å². The lowest BCUT2D eigenvalue weighted by molar-refractivity contribution is -0.139. The Labute approximate surface area is 138 Å². The Kier molecular flexibility index (Phi) is 3.36. The summed E-state index contributed by atoms with van der Waals surface area (Å²) in [4.78, 5) is 15.0. The number of carboxylic acid groups (broad SMARTS) is 1. The molecule has 0 saturated carbocycles. The number of fused-ring (bicyclic) bond motifs is 3. The first-order valence-corrected chi connectivity index (χ1v) is 7.85. The summed E-state index contributed by atoms with van der Waals surface area (Å²) in [5.74, 6) is -0.840. The van der Waals surface area contributed by atoms with Crippen molar-refractivity contribution in [2.24, 2.45) is 0 Å². The molecule has 0 spiro atoms. The fraction of sp³-hybridized carbons (Fsp3) is 0.167. The van der Waals surface area contributed by atoms with E-state index >= 15 is 0 Å². The SMILES string of the molecule is O=C(O)[C@H]1Cc2c([nH]c3ccccc23)[C@H](c2cccc(Cl)c2)N1. The van der Waals surface area contributed by atoms with Gasteiger partial charge < -0.3 is 10.1 Å². The minimum atomic E-state index is -0.840. The van der Waals surface area contributed by atoms with Crippen LogP contribution in [-0.4, -0.2) is 22.1 Å². The molecule has 0 radical (unpaired) electrons. The van der Waals surface area contributed by atoms with Crippen LogP contribution >= 0.6 is 11.6 Å². The maximum atomic E-state index is 11.6. The van der Waals surface area contributed by atoms with E-state index in [1.54, 1.807) is 0 Å². The number of carbonyl (C=O) groups is 1. The summed E-state index contributed by atoms with van der Waals surface area (Å²) in [5.41, 5.74) is 4.07. The molecule has 4 rings (SSSR count). The van der Waals surface area contributed by atoms with Crippen LogP contribution in [0.5, 0.6) is 0 Å². The highest BCUT2D eigenvalue weighted by Crippen LogP contribution is 2.35. The normalized spacial score (nSPS) is 20.4. The fourth-order valence-electron chi connectivity index (χ4n) is 3.34. The molecule has 4 nitrogen and oxygen atoms in total. The largest absolute Gasteiger partial charge is 0.480 e. The summed E-state index contributed by atoms with van der Waals surface area (Å²) in [6.45, 7) is 0. The van der Waals surface area contributed by atoms with Crippen LogP contribution in [0.4, 0.5) is 0 Å².